The van der Waals surface area contributed by atoms with Crippen molar-refractivity contribution >= 4 is 29.4 Å². The van der Waals surface area contributed by atoms with E-state index in [1.165, 1.54) is 0 Å². The number of aliphatic imine (C=N–C) groups is 1. The predicted molar refractivity (Wildman–Crippen MR) is 122 cm³/mol. The van der Waals surface area contributed by atoms with E-state index in [1.54, 1.807) is 7.11 Å². The maximum absolute atomic E-state index is 5.50. The molecule has 0 spiro atoms. The fourth-order valence-electron chi connectivity index (χ4n) is 2.90. The Morgan fingerprint density at radius 1 is 1.00 bits per heavy atom. The van der Waals surface area contributed by atoms with Gasteiger partial charge in [-0.2, -0.15) is 0 Å². The number of nitrogens with one attached hydrogen (secondary N) is 1. The molecule has 0 saturated carbocycles. The highest BCUT2D eigenvalue weighted by Crippen LogP contribution is 2.26. The van der Waals surface area contributed by atoms with Crippen LogP contribution in [0.25, 0.3) is 11.5 Å². The van der Waals surface area contributed by atoms with Crippen molar-refractivity contribution in [3.05, 3.63) is 88.8 Å². The zero-order valence-corrected chi connectivity index (χ0v) is 17.8. The molecule has 0 atom stereocenters. The molecule has 1 N–H and O–H groups in total. The molecular weight excluding hydrogens is 410 g/mol. The summed E-state index contributed by atoms with van der Waals surface area (Å²) in [6.45, 7) is 1.99. The Morgan fingerprint density at radius 3 is 2.45 bits per heavy atom. The van der Waals surface area contributed by atoms with Crippen molar-refractivity contribution in [2.75, 3.05) is 7.11 Å². The van der Waals surface area contributed by atoms with Gasteiger partial charge in [0.2, 0.25) is 5.89 Å². The summed E-state index contributed by atoms with van der Waals surface area (Å²) in [5.74, 6) is 1.52. The molecule has 7 nitrogen and oxygen atoms in total. The summed E-state index contributed by atoms with van der Waals surface area (Å²) in [5, 5.41) is 15.5. The number of benzene rings is 3. The minimum absolute atomic E-state index is 0.229. The number of rotatable bonds is 5. The highest BCUT2D eigenvalue weighted by molar-refractivity contribution is 7.71. The maximum Gasteiger partial charge on any atom is 0.284 e. The molecule has 0 aliphatic heterocycles. The Bertz CT molecular complexity index is 1310. The molecular formula is C23H19N5O2S. The average molecular weight is 430 g/mol. The van der Waals surface area contributed by atoms with Crippen molar-refractivity contribution < 1.29 is 9.15 Å². The van der Waals surface area contributed by atoms with Crippen LogP contribution in [0.3, 0.4) is 0 Å². The number of aromatic nitrogens is 2. The van der Waals surface area contributed by atoms with Crippen LogP contribution in [0.4, 0.5) is 11.4 Å². The molecule has 0 radical (unpaired) electrons. The molecule has 0 bridgehead atoms. The third-order valence-electron chi connectivity index (χ3n) is 4.50. The molecule has 0 unspecified atom stereocenters. The summed E-state index contributed by atoms with van der Waals surface area (Å²) < 4.78 is 10.9. The average Bonchev–Trinajstić information content (AvgIpc) is 3.24. The van der Waals surface area contributed by atoms with Crippen LogP contribution in [0.2, 0.25) is 0 Å². The third kappa shape index (κ3) is 4.81. The standard InChI is InChI=1S/C23H19N5O2S/c1-15-7-3-5-9-19(15)25-26-21(18-8-4-6-10-20(18)29-2)24-17-13-11-16(12-14-17)22-27-28-23(31)30-22/h3-14H,1-2H3,(H,28,31). The second-order valence-electron chi connectivity index (χ2n) is 6.59. The van der Waals surface area contributed by atoms with E-state index in [0.29, 0.717) is 23.2 Å². The molecule has 0 aliphatic rings. The summed E-state index contributed by atoms with van der Waals surface area (Å²) in [7, 11) is 1.62. The van der Waals surface area contributed by atoms with E-state index in [1.807, 2.05) is 79.7 Å². The number of amidine groups is 1. The Hall–Kier alpha value is -3.91. The first kappa shape index (κ1) is 20.4. The van der Waals surface area contributed by atoms with Gasteiger partial charge in [-0.1, -0.05) is 30.3 Å². The molecule has 1 heterocycles. The normalized spacial score (nSPS) is 11.7. The van der Waals surface area contributed by atoms with E-state index >= 15 is 0 Å². The van der Waals surface area contributed by atoms with E-state index in [9.17, 15) is 0 Å². The first-order valence-corrected chi connectivity index (χ1v) is 9.90. The van der Waals surface area contributed by atoms with Crippen LogP contribution in [0.1, 0.15) is 11.1 Å². The van der Waals surface area contributed by atoms with E-state index in [-0.39, 0.29) is 4.84 Å². The van der Waals surface area contributed by atoms with Crippen LogP contribution in [0.15, 0.2) is 92.4 Å². The topological polar surface area (TPSA) is 88.1 Å². The fourth-order valence-corrected chi connectivity index (χ4v) is 3.02. The first-order valence-electron chi connectivity index (χ1n) is 9.49. The molecule has 3 aromatic carbocycles. The Labute approximate surface area is 184 Å². The monoisotopic (exact) mass is 429 g/mol. The van der Waals surface area contributed by atoms with Crippen LogP contribution in [0.5, 0.6) is 5.75 Å². The molecule has 4 aromatic rings. The highest BCUT2D eigenvalue weighted by atomic mass is 32.1. The largest absolute Gasteiger partial charge is 0.496 e. The second kappa shape index (κ2) is 9.27. The summed E-state index contributed by atoms with van der Waals surface area (Å²) in [6, 6.07) is 22.8. The second-order valence-corrected chi connectivity index (χ2v) is 6.96. The predicted octanol–water partition coefficient (Wildman–Crippen LogP) is 6.58. The van der Waals surface area contributed by atoms with Crippen molar-refractivity contribution in [3.63, 3.8) is 0 Å². The minimum atomic E-state index is 0.229. The van der Waals surface area contributed by atoms with Gasteiger partial charge in [0.05, 0.1) is 24.0 Å². The number of H-pyrrole nitrogens is 1. The molecule has 8 heteroatoms. The Morgan fingerprint density at radius 2 is 1.74 bits per heavy atom. The van der Waals surface area contributed by atoms with Gasteiger partial charge in [-0.15, -0.1) is 15.3 Å². The number of hydrogen-bond donors (Lipinski definition) is 1. The lowest BCUT2D eigenvalue weighted by molar-refractivity contribution is 0.414. The Balaban J connectivity index is 1.74. The minimum Gasteiger partial charge on any atom is -0.496 e. The van der Waals surface area contributed by atoms with Gasteiger partial charge >= 0.3 is 0 Å². The van der Waals surface area contributed by atoms with E-state index in [2.05, 4.69) is 20.4 Å². The summed E-state index contributed by atoms with van der Waals surface area (Å²) in [5.41, 5.74) is 4.03. The van der Waals surface area contributed by atoms with Gasteiger partial charge < -0.3 is 9.15 Å². The van der Waals surface area contributed by atoms with Crippen LogP contribution >= 0.6 is 12.2 Å². The SMILES string of the molecule is COc1ccccc1C(N=Nc1ccccc1C)=Nc1ccc(-c2n[nH]c(=S)o2)cc1. The van der Waals surface area contributed by atoms with Gasteiger partial charge in [-0.05, 0) is 67.2 Å². The van der Waals surface area contributed by atoms with Crippen LogP contribution in [-0.4, -0.2) is 23.1 Å². The molecule has 154 valence electrons. The smallest absolute Gasteiger partial charge is 0.284 e. The highest BCUT2D eigenvalue weighted by Gasteiger charge is 2.11. The van der Waals surface area contributed by atoms with Gasteiger partial charge in [-0.25, -0.2) is 10.1 Å². The lowest BCUT2D eigenvalue weighted by Crippen LogP contribution is -2.00. The number of nitrogens with zero attached hydrogens (tertiary/aromatic N) is 4. The number of methoxy groups -OCH3 is 1. The third-order valence-corrected chi connectivity index (χ3v) is 4.68. The number of aryl methyl sites for hydroxylation is 1. The summed E-state index contributed by atoms with van der Waals surface area (Å²) in [6.07, 6.45) is 0. The molecule has 0 amide bonds. The zero-order chi connectivity index (χ0) is 21.6. The lowest BCUT2D eigenvalue weighted by Gasteiger charge is -2.08. The molecule has 0 aliphatic carbocycles. The van der Waals surface area contributed by atoms with Crippen molar-refractivity contribution in [2.24, 2.45) is 15.2 Å². The molecule has 31 heavy (non-hydrogen) atoms. The zero-order valence-electron chi connectivity index (χ0n) is 16.9. The summed E-state index contributed by atoms with van der Waals surface area (Å²) in [4.78, 5) is 4.95. The summed E-state index contributed by atoms with van der Waals surface area (Å²) >= 11 is 4.93. The van der Waals surface area contributed by atoms with Crippen LogP contribution in [-0.2, 0) is 0 Å². The quantitative estimate of drug-likeness (QED) is 0.168. The van der Waals surface area contributed by atoms with Crippen molar-refractivity contribution in [1.82, 2.24) is 10.2 Å². The molecule has 1 aromatic heterocycles. The van der Waals surface area contributed by atoms with Crippen LogP contribution in [0, 0.1) is 11.8 Å². The van der Waals surface area contributed by atoms with Crippen LogP contribution < -0.4 is 4.74 Å². The van der Waals surface area contributed by atoms with E-state index in [0.717, 1.165) is 22.4 Å². The lowest BCUT2D eigenvalue weighted by atomic mass is 10.1. The van der Waals surface area contributed by atoms with Gasteiger partial charge in [-0.3, -0.25) is 0 Å². The molecule has 0 saturated heterocycles. The number of hydrogen-bond acceptors (Lipinski definition) is 6. The first-order chi connectivity index (χ1) is 15.1. The van der Waals surface area contributed by atoms with Crippen molar-refractivity contribution in [3.8, 4) is 17.2 Å². The van der Waals surface area contributed by atoms with E-state index < -0.39 is 0 Å². The van der Waals surface area contributed by atoms with Gasteiger partial charge in [0, 0.05) is 5.56 Å². The van der Waals surface area contributed by atoms with Gasteiger partial charge in [0.25, 0.3) is 4.84 Å². The number of azo groups is 1. The molecule has 4 rings (SSSR count). The Kier molecular flexibility index (Phi) is 6.09. The van der Waals surface area contributed by atoms with Gasteiger partial charge in [0.1, 0.15) is 5.75 Å². The van der Waals surface area contributed by atoms with Crippen molar-refractivity contribution in [2.45, 2.75) is 6.92 Å². The van der Waals surface area contributed by atoms with Gasteiger partial charge in [0.15, 0.2) is 5.84 Å². The van der Waals surface area contributed by atoms with Crippen molar-refractivity contribution in [1.29, 1.82) is 0 Å². The number of ether oxygens (including phenoxy) is 1. The number of aromatic amines is 1. The maximum atomic E-state index is 5.50. The molecule has 0 fully saturated rings. The number of para-hydroxylation sites is 1. The fraction of sp³-hybridized carbons (Fsp3) is 0.0870. The van der Waals surface area contributed by atoms with E-state index in [4.69, 9.17) is 26.4 Å².